The molecule has 1 amide bonds. The maximum Gasteiger partial charge on any atom is 0.236 e. The number of nitrogens with zero attached hydrogens (tertiary/aromatic N) is 3. The standard InChI is InChI=1S/C20H31N3O3/c1-3-21-8-10-22(11-9-21)16-20(24)23-12-13-26-19(15-23)14-17-4-6-18(25-2)7-5-17/h4-7,19H,3,8-16H2,1-2H3. The van der Waals surface area contributed by atoms with Gasteiger partial charge < -0.3 is 19.3 Å². The van der Waals surface area contributed by atoms with Crippen molar-refractivity contribution in [1.29, 1.82) is 0 Å². The second kappa shape index (κ2) is 9.35. The minimum Gasteiger partial charge on any atom is -0.497 e. The highest BCUT2D eigenvalue weighted by molar-refractivity contribution is 5.78. The maximum atomic E-state index is 12.7. The summed E-state index contributed by atoms with van der Waals surface area (Å²) in [6, 6.07) is 8.07. The Morgan fingerprint density at radius 1 is 1.12 bits per heavy atom. The van der Waals surface area contributed by atoms with Crippen LogP contribution in [-0.4, -0.2) is 92.8 Å². The lowest BCUT2D eigenvalue weighted by Crippen LogP contribution is -2.53. The predicted molar refractivity (Wildman–Crippen MR) is 102 cm³/mol. The number of ether oxygens (including phenoxy) is 2. The smallest absolute Gasteiger partial charge is 0.236 e. The van der Waals surface area contributed by atoms with Crippen molar-refractivity contribution in [3.8, 4) is 5.75 Å². The van der Waals surface area contributed by atoms with Gasteiger partial charge >= 0.3 is 0 Å². The Morgan fingerprint density at radius 2 is 1.81 bits per heavy atom. The molecule has 0 radical (unpaired) electrons. The molecule has 0 saturated carbocycles. The molecule has 144 valence electrons. The van der Waals surface area contributed by atoms with E-state index in [0.717, 1.165) is 44.9 Å². The summed E-state index contributed by atoms with van der Waals surface area (Å²) >= 11 is 0. The number of benzene rings is 1. The van der Waals surface area contributed by atoms with Crippen LogP contribution in [0.4, 0.5) is 0 Å². The summed E-state index contributed by atoms with van der Waals surface area (Å²) in [5, 5.41) is 0. The minimum absolute atomic E-state index is 0.0676. The van der Waals surface area contributed by atoms with E-state index in [0.29, 0.717) is 26.2 Å². The third-order valence-electron chi connectivity index (χ3n) is 5.38. The molecule has 26 heavy (non-hydrogen) atoms. The summed E-state index contributed by atoms with van der Waals surface area (Å²) < 4.78 is 11.1. The van der Waals surface area contributed by atoms with Crippen LogP contribution in [0.5, 0.6) is 5.75 Å². The van der Waals surface area contributed by atoms with Crippen molar-refractivity contribution in [2.24, 2.45) is 0 Å². The van der Waals surface area contributed by atoms with Gasteiger partial charge in [-0.15, -0.1) is 0 Å². The molecule has 3 rings (SSSR count). The minimum atomic E-state index is 0.0676. The highest BCUT2D eigenvalue weighted by atomic mass is 16.5. The van der Waals surface area contributed by atoms with Crippen molar-refractivity contribution in [3.05, 3.63) is 29.8 Å². The van der Waals surface area contributed by atoms with E-state index < -0.39 is 0 Å². The average molecular weight is 361 g/mol. The van der Waals surface area contributed by atoms with Gasteiger partial charge in [0.25, 0.3) is 0 Å². The van der Waals surface area contributed by atoms with E-state index in [4.69, 9.17) is 9.47 Å². The van der Waals surface area contributed by atoms with Crippen LogP contribution in [0.15, 0.2) is 24.3 Å². The van der Waals surface area contributed by atoms with Crippen LogP contribution < -0.4 is 4.74 Å². The zero-order chi connectivity index (χ0) is 18.4. The van der Waals surface area contributed by atoms with Crippen molar-refractivity contribution in [3.63, 3.8) is 0 Å². The Bertz CT molecular complexity index is 570. The third-order valence-corrected chi connectivity index (χ3v) is 5.38. The van der Waals surface area contributed by atoms with Gasteiger partial charge in [-0.05, 0) is 24.2 Å². The lowest BCUT2D eigenvalue weighted by atomic mass is 10.1. The topological polar surface area (TPSA) is 45.2 Å². The molecule has 1 aromatic rings. The molecule has 6 nitrogen and oxygen atoms in total. The van der Waals surface area contributed by atoms with Gasteiger partial charge in [-0.1, -0.05) is 19.1 Å². The summed E-state index contributed by atoms with van der Waals surface area (Å²) in [5.74, 6) is 1.09. The fraction of sp³-hybridized carbons (Fsp3) is 0.650. The number of carbonyl (C=O) groups excluding carboxylic acids is 1. The van der Waals surface area contributed by atoms with Gasteiger partial charge in [0.2, 0.25) is 5.91 Å². The number of carbonyl (C=O) groups is 1. The lowest BCUT2D eigenvalue weighted by Gasteiger charge is -2.37. The number of hydrogen-bond acceptors (Lipinski definition) is 5. The number of piperazine rings is 1. The van der Waals surface area contributed by atoms with Crippen molar-refractivity contribution >= 4 is 5.91 Å². The number of morpholine rings is 1. The lowest BCUT2D eigenvalue weighted by molar-refractivity contribution is -0.140. The first kappa shape index (κ1) is 19.1. The SMILES string of the molecule is CCN1CCN(CC(=O)N2CCOC(Cc3ccc(OC)cc3)C2)CC1. The molecule has 1 aromatic carbocycles. The van der Waals surface area contributed by atoms with Crippen LogP contribution in [0.25, 0.3) is 0 Å². The third kappa shape index (κ3) is 5.19. The van der Waals surface area contributed by atoms with Gasteiger partial charge in [0.15, 0.2) is 0 Å². The number of rotatable bonds is 6. The van der Waals surface area contributed by atoms with E-state index in [1.165, 1.54) is 5.56 Å². The Hall–Kier alpha value is -1.63. The number of likely N-dealkylation sites (N-methyl/N-ethyl adjacent to an activating group) is 1. The van der Waals surface area contributed by atoms with Crippen LogP contribution in [0.3, 0.4) is 0 Å². The Labute approximate surface area is 156 Å². The van der Waals surface area contributed by atoms with Gasteiger partial charge in [0.1, 0.15) is 5.75 Å². The predicted octanol–water partition coefficient (Wildman–Crippen LogP) is 1.10. The first-order valence-corrected chi connectivity index (χ1v) is 9.65. The molecular weight excluding hydrogens is 330 g/mol. The van der Waals surface area contributed by atoms with Gasteiger partial charge in [-0.3, -0.25) is 9.69 Å². The van der Waals surface area contributed by atoms with E-state index >= 15 is 0 Å². The average Bonchev–Trinajstić information content (AvgIpc) is 2.69. The first-order valence-electron chi connectivity index (χ1n) is 9.65. The van der Waals surface area contributed by atoms with E-state index in [9.17, 15) is 4.79 Å². The Morgan fingerprint density at radius 3 is 2.46 bits per heavy atom. The molecule has 0 aliphatic carbocycles. The van der Waals surface area contributed by atoms with Crippen molar-refractivity contribution < 1.29 is 14.3 Å². The highest BCUT2D eigenvalue weighted by Gasteiger charge is 2.26. The van der Waals surface area contributed by atoms with Crippen LogP contribution in [0.2, 0.25) is 0 Å². The molecule has 2 aliphatic heterocycles. The van der Waals surface area contributed by atoms with Crippen LogP contribution in [-0.2, 0) is 16.0 Å². The Balaban J connectivity index is 1.47. The van der Waals surface area contributed by atoms with E-state index in [1.54, 1.807) is 7.11 Å². The number of hydrogen-bond donors (Lipinski definition) is 0. The monoisotopic (exact) mass is 361 g/mol. The number of methoxy groups -OCH3 is 1. The van der Waals surface area contributed by atoms with Crippen LogP contribution >= 0.6 is 0 Å². The summed E-state index contributed by atoms with van der Waals surface area (Å²) in [7, 11) is 1.67. The first-order chi connectivity index (χ1) is 12.7. The molecule has 0 N–H and O–H groups in total. The maximum absolute atomic E-state index is 12.7. The molecule has 1 atom stereocenters. The second-order valence-electron chi connectivity index (χ2n) is 7.10. The fourth-order valence-corrected chi connectivity index (χ4v) is 3.65. The van der Waals surface area contributed by atoms with Gasteiger partial charge in [-0.25, -0.2) is 0 Å². The second-order valence-corrected chi connectivity index (χ2v) is 7.10. The molecule has 1 unspecified atom stereocenters. The summed E-state index contributed by atoms with van der Waals surface area (Å²) in [5.41, 5.74) is 1.21. The van der Waals surface area contributed by atoms with Crippen LogP contribution in [0, 0.1) is 0 Å². The largest absolute Gasteiger partial charge is 0.497 e. The zero-order valence-corrected chi connectivity index (χ0v) is 16.0. The summed E-state index contributed by atoms with van der Waals surface area (Å²) in [6.07, 6.45) is 0.890. The van der Waals surface area contributed by atoms with Crippen molar-refractivity contribution in [1.82, 2.24) is 14.7 Å². The van der Waals surface area contributed by atoms with Crippen molar-refractivity contribution in [2.75, 3.05) is 66.1 Å². The molecule has 6 heteroatoms. The van der Waals surface area contributed by atoms with Gasteiger partial charge in [-0.2, -0.15) is 0 Å². The molecule has 0 bridgehead atoms. The fourth-order valence-electron chi connectivity index (χ4n) is 3.65. The zero-order valence-electron chi connectivity index (χ0n) is 16.0. The molecule has 2 heterocycles. The molecule has 0 spiro atoms. The highest BCUT2D eigenvalue weighted by Crippen LogP contribution is 2.16. The quantitative estimate of drug-likeness (QED) is 0.759. The molecule has 2 aliphatic rings. The molecule has 0 aromatic heterocycles. The Kier molecular flexibility index (Phi) is 6.88. The van der Waals surface area contributed by atoms with Gasteiger partial charge in [0, 0.05) is 45.7 Å². The van der Waals surface area contributed by atoms with E-state index in [-0.39, 0.29) is 12.0 Å². The summed E-state index contributed by atoms with van der Waals surface area (Å²) in [4.78, 5) is 19.4. The summed E-state index contributed by atoms with van der Waals surface area (Å²) in [6.45, 7) is 9.92. The van der Waals surface area contributed by atoms with E-state index in [2.05, 4.69) is 28.9 Å². The van der Waals surface area contributed by atoms with Gasteiger partial charge in [0.05, 0.1) is 26.4 Å². The van der Waals surface area contributed by atoms with E-state index in [1.807, 2.05) is 17.0 Å². The van der Waals surface area contributed by atoms with Crippen LogP contribution in [0.1, 0.15) is 12.5 Å². The molecular formula is C20H31N3O3. The number of amides is 1. The van der Waals surface area contributed by atoms with Crippen molar-refractivity contribution in [2.45, 2.75) is 19.4 Å². The molecule has 2 saturated heterocycles. The molecule has 2 fully saturated rings. The normalized spacial score (nSPS) is 22.4.